The van der Waals surface area contributed by atoms with E-state index in [0.717, 1.165) is 26.2 Å². The molecule has 1 atom stereocenters. The van der Waals surface area contributed by atoms with Gasteiger partial charge in [-0.25, -0.2) is 4.39 Å². The lowest BCUT2D eigenvalue weighted by atomic mass is 10.1. The SMILES string of the molecule is O=C(CCN1CCN2CCCC2C1)c1cccc(F)c1. The number of Topliss-reactive ketones (excluding diaryl/α,β-unsaturated/α-hetero) is 1. The third kappa shape index (κ3) is 3.07. The van der Waals surface area contributed by atoms with Gasteiger partial charge in [0.25, 0.3) is 0 Å². The Balaban J connectivity index is 1.51. The molecule has 0 amide bonds. The van der Waals surface area contributed by atoms with E-state index in [-0.39, 0.29) is 11.6 Å². The zero-order valence-corrected chi connectivity index (χ0v) is 11.7. The molecule has 0 saturated carbocycles. The largest absolute Gasteiger partial charge is 0.300 e. The Morgan fingerprint density at radius 3 is 3.05 bits per heavy atom. The van der Waals surface area contributed by atoms with Crippen LogP contribution >= 0.6 is 0 Å². The van der Waals surface area contributed by atoms with Gasteiger partial charge in [-0.3, -0.25) is 9.69 Å². The number of rotatable bonds is 4. The zero-order chi connectivity index (χ0) is 13.9. The first-order chi connectivity index (χ1) is 9.72. The van der Waals surface area contributed by atoms with Crippen molar-refractivity contribution in [2.45, 2.75) is 25.3 Å². The first kappa shape index (κ1) is 13.7. The molecule has 0 N–H and O–H groups in total. The van der Waals surface area contributed by atoms with Crippen LogP contribution in [0.15, 0.2) is 24.3 Å². The van der Waals surface area contributed by atoms with Crippen LogP contribution < -0.4 is 0 Å². The molecule has 0 aromatic heterocycles. The zero-order valence-electron chi connectivity index (χ0n) is 11.7. The van der Waals surface area contributed by atoms with E-state index in [9.17, 15) is 9.18 Å². The maximum absolute atomic E-state index is 13.1. The van der Waals surface area contributed by atoms with Gasteiger partial charge in [0.2, 0.25) is 0 Å². The van der Waals surface area contributed by atoms with E-state index in [1.807, 2.05) is 0 Å². The van der Waals surface area contributed by atoms with Crippen molar-refractivity contribution < 1.29 is 9.18 Å². The molecular weight excluding hydrogens is 255 g/mol. The molecule has 2 aliphatic rings. The quantitative estimate of drug-likeness (QED) is 0.788. The van der Waals surface area contributed by atoms with Gasteiger partial charge >= 0.3 is 0 Å². The number of carbonyl (C=O) groups excluding carboxylic acids is 1. The van der Waals surface area contributed by atoms with Crippen molar-refractivity contribution in [3.8, 4) is 0 Å². The highest BCUT2D eigenvalue weighted by atomic mass is 19.1. The molecule has 2 heterocycles. The van der Waals surface area contributed by atoms with Crippen molar-refractivity contribution in [2.75, 3.05) is 32.7 Å². The molecule has 108 valence electrons. The Kier molecular flexibility index (Phi) is 4.13. The highest BCUT2D eigenvalue weighted by Gasteiger charge is 2.30. The van der Waals surface area contributed by atoms with Gasteiger partial charge in [-0.1, -0.05) is 12.1 Å². The molecule has 20 heavy (non-hydrogen) atoms. The van der Waals surface area contributed by atoms with Crippen molar-refractivity contribution in [2.24, 2.45) is 0 Å². The lowest BCUT2D eigenvalue weighted by Crippen LogP contribution is -2.50. The minimum absolute atomic E-state index is 0.0401. The minimum Gasteiger partial charge on any atom is -0.300 e. The summed E-state index contributed by atoms with van der Waals surface area (Å²) >= 11 is 0. The van der Waals surface area contributed by atoms with E-state index >= 15 is 0 Å². The van der Waals surface area contributed by atoms with Crippen LogP contribution in [-0.4, -0.2) is 54.3 Å². The number of carbonyl (C=O) groups is 1. The summed E-state index contributed by atoms with van der Waals surface area (Å²) in [4.78, 5) is 17.0. The fraction of sp³-hybridized carbons (Fsp3) is 0.562. The summed E-state index contributed by atoms with van der Waals surface area (Å²) < 4.78 is 13.1. The number of nitrogens with zero attached hydrogens (tertiary/aromatic N) is 2. The first-order valence-electron chi connectivity index (χ1n) is 7.47. The van der Waals surface area contributed by atoms with Crippen LogP contribution in [0.3, 0.4) is 0 Å². The molecule has 1 aromatic rings. The Labute approximate surface area is 119 Å². The second-order valence-corrected chi connectivity index (χ2v) is 5.82. The summed E-state index contributed by atoms with van der Waals surface area (Å²) in [7, 11) is 0. The van der Waals surface area contributed by atoms with Crippen LogP contribution in [0.1, 0.15) is 29.6 Å². The van der Waals surface area contributed by atoms with Crippen molar-refractivity contribution in [3.63, 3.8) is 0 Å². The maximum atomic E-state index is 13.1. The van der Waals surface area contributed by atoms with Gasteiger partial charge in [0.05, 0.1) is 0 Å². The third-order valence-electron chi connectivity index (χ3n) is 4.47. The predicted octanol–water partition coefficient (Wildman–Crippen LogP) is 2.18. The second kappa shape index (κ2) is 6.02. The number of fused-ring (bicyclic) bond motifs is 1. The molecule has 3 nitrogen and oxygen atoms in total. The summed E-state index contributed by atoms with van der Waals surface area (Å²) in [6, 6.07) is 6.68. The van der Waals surface area contributed by atoms with Crippen LogP contribution in [0.2, 0.25) is 0 Å². The molecule has 2 fully saturated rings. The smallest absolute Gasteiger partial charge is 0.164 e. The average molecular weight is 276 g/mol. The summed E-state index contributed by atoms with van der Waals surface area (Å²) in [5, 5.41) is 0. The van der Waals surface area contributed by atoms with Gasteiger partial charge in [-0.05, 0) is 31.5 Å². The topological polar surface area (TPSA) is 23.6 Å². The van der Waals surface area contributed by atoms with Gasteiger partial charge in [0.15, 0.2) is 5.78 Å². The van der Waals surface area contributed by atoms with E-state index in [2.05, 4.69) is 9.80 Å². The molecule has 0 spiro atoms. The number of hydrogen-bond acceptors (Lipinski definition) is 3. The molecule has 0 radical (unpaired) electrons. The van der Waals surface area contributed by atoms with Crippen molar-refractivity contribution in [1.29, 1.82) is 0 Å². The molecule has 2 saturated heterocycles. The minimum atomic E-state index is -0.338. The number of ketones is 1. The highest BCUT2D eigenvalue weighted by Crippen LogP contribution is 2.21. The summed E-state index contributed by atoms with van der Waals surface area (Å²) in [5.41, 5.74) is 0.490. The van der Waals surface area contributed by atoms with Crippen LogP contribution in [0, 0.1) is 5.82 Å². The standard InChI is InChI=1S/C16H21FN2O/c17-14-4-1-3-13(11-14)16(20)6-8-18-9-10-19-7-2-5-15(19)12-18/h1,3-4,11,15H,2,5-10,12H2. The fourth-order valence-corrected chi connectivity index (χ4v) is 3.32. The summed E-state index contributed by atoms with van der Waals surface area (Å²) in [6.07, 6.45) is 3.07. The monoisotopic (exact) mass is 276 g/mol. The highest BCUT2D eigenvalue weighted by molar-refractivity contribution is 5.96. The van der Waals surface area contributed by atoms with Crippen LogP contribution in [0.4, 0.5) is 4.39 Å². The van der Waals surface area contributed by atoms with Gasteiger partial charge in [0, 0.05) is 44.2 Å². The Bertz CT molecular complexity index is 491. The second-order valence-electron chi connectivity index (χ2n) is 5.82. The van der Waals surface area contributed by atoms with Crippen molar-refractivity contribution in [1.82, 2.24) is 9.80 Å². The predicted molar refractivity (Wildman–Crippen MR) is 76.4 cm³/mol. The van der Waals surface area contributed by atoms with Crippen LogP contribution in [0.5, 0.6) is 0 Å². The number of benzene rings is 1. The number of halogens is 1. The van der Waals surface area contributed by atoms with E-state index in [1.54, 1.807) is 12.1 Å². The van der Waals surface area contributed by atoms with Gasteiger partial charge in [0.1, 0.15) is 5.82 Å². The van der Waals surface area contributed by atoms with Crippen molar-refractivity contribution in [3.05, 3.63) is 35.6 Å². The van der Waals surface area contributed by atoms with Crippen LogP contribution in [0.25, 0.3) is 0 Å². The molecule has 0 aliphatic carbocycles. The Morgan fingerprint density at radius 1 is 1.30 bits per heavy atom. The normalized spacial score (nSPS) is 23.8. The maximum Gasteiger partial charge on any atom is 0.164 e. The summed E-state index contributed by atoms with van der Waals surface area (Å²) in [6.45, 7) is 5.28. The van der Waals surface area contributed by atoms with Gasteiger partial charge in [-0.2, -0.15) is 0 Å². The Morgan fingerprint density at radius 2 is 2.20 bits per heavy atom. The van der Waals surface area contributed by atoms with E-state index in [4.69, 9.17) is 0 Å². The number of hydrogen-bond donors (Lipinski definition) is 0. The molecule has 2 aliphatic heterocycles. The summed E-state index contributed by atoms with van der Waals surface area (Å²) in [5.74, 6) is -0.297. The van der Waals surface area contributed by atoms with Crippen LogP contribution in [-0.2, 0) is 0 Å². The van der Waals surface area contributed by atoms with E-state index in [0.29, 0.717) is 18.0 Å². The van der Waals surface area contributed by atoms with E-state index in [1.165, 1.54) is 31.5 Å². The molecular formula is C16H21FN2O. The molecule has 3 rings (SSSR count). The lowest BCUT2D eigenvalue weighted by molar-refractivity contribution is 0.0871. The number of piperazine rings is 1. The average Bonchev–Trinajstić information content (AvgIpc) is 2.92. The molecule has 1 unspecified atom stereocenters. The Hall–Kier alpha value is -1.26. The molecule has 4 heteroatoms. The van der Waals surface area contributed by atoms with Gasteiger partial charge in [-0.15, -0.1) is 0 Å². The van der Waals surface area contributed by atoms with E-state index < -0.39 is 0 Å². The molecule has 1 aromatic carbocycles. The lowest BCUT2D eigenvalue weighted by Gasteiger charge is -2.37. The van der Waals surface area contributed by atoms with Gasteiger partial charge < -0.3 is 4.90 Å². The molecule has 0 bridgehead atoms. The first-order valence-corrected chi connectivity index (χ1v) is 7.47. The fourth-order valence-electron chi connectivity index (χ4n) is 3.32. The van der Waals surface area contributed by atoms with Crippen molar-refractivity contribution >= 4 is 5.78 Å². The third-order valence-corrected chi connectivity index (χ3v) is 4.47.